The molecular weight excluding hydrogens is 360 g/mol. The molecule has 1 aliphatic rings. The summed E-state index contributed by atoms with van der Waals surface area (Å²) in [7, 11) is 0. The zero-order valence-corrected chi connectivity index (χ0v) is 15.6. The van der Waals surface area contributed by atoms with E-state index in [0.717, 1.165) is 5.56 Å². The molecule has 1 heterocycles. The number of rotatable bonds is 6. The second kappa shape index (κ2) is 9.03. The van der Waals surface area contributed by atoms with Crippen LogP contribution in [-0.2, 0) is 25.7 Å². The molecule has 0 saturated heterocycles. The minimum Gasteiger partial charge on any atom is -0.491 e. The van der Waals surface area contributed by atoms with Crippen LogP contribution in [0.2, 0.25) is 0 Å². The highest BCUT2D eigenvalue weighted by Gasteiger charge is 2.27. The molecule has 1 aliphatic heterocycles. The van der Waals surface area contributed by atoms with E-state index < -0.39 is 18.0 Å². The number of carbonyl (C=O) groups excluding carboxylic acids is 3. The van der Waals surface area contributed by atoms with Crippen molar-refractivity contribution in [1.82, 2.24) is 5.32 Å². The first-order valence-electron chi connectivity index (χ1n) is 9.08. The Morgan fingerprint density at radius 1 is 1.14 bits per heavy atom. The number of nitrogens with zero attached hydrogens (tertiary/aromatic N) is 1. The lowest BCUT2D eigenvalue weighted by Crippen LogP contribution is -2.40. The average Bonchev–Trinajstić information content (AvgIpc) is 2.86. The minimum absolute atomic E-state index is 0.162. The van der Waals surface area contributed by atoms with E-state index in [0.29, 0.717) is 18.0 Å². The van der Waals surface area contributed by atoms with Gasteiger partial charge in [-0.25, -0.2) is 0 Å². The SMILES string of the molecule is C[C@@H](OC(=O)CN1C(=O)CCOc2ccccc21)C(=O)NCc1ccccc1. The van der Waals surface area contributed by atoms with Gasteiger partial charge in [-0.2, -0.15) is 0 Å². The Morgan fingerprint density at radius 2 is 1.86 bits per heavy atom. The van der Waals surface area contributed by atoms with Crippen LogP contribution in [-0.4, -0.2) is 37.0 Å². The van der Waals surface area contributed by atoms with Crippen molar-refractivity contribution in [1.29, 1.82) is 0 Å². The molecule has 7 nitrogen and oxygen atoms in total. The summed E-state index contributed by atoms with van der Waals surface area (Å²) in [5.41, 5.74) is 1.46. The lowest BCUT2D eigenvalue weighted by molar-refractivity contribution is -0.153. The topological polar surface area (TPSA) is 84.9 Å². The van der Waals surface area contributed by atoms with Crippen molar-refractivity contribution in [3.63, 3.8) is 0 Å². The van der Waals surface area contributed by atoms with Gasteiger partial charge in [-0.15, -0.1) is 0 Å². The Bertz CT molecular complexity index is 853. The summed E-state index contributed by atoms with van der Waals surface area (Å²) in [6.07, 6.45) is -0.806. The van der Waals surface area contributed by atoms with Gasteiger partial charge in [0.15, 0.2) is 6.10 Å². The standard InChI is InChI=1S/C21H22N2O5/c1-15(21(26)22-13-16-7-3-2-4-8-16)28-20(25)14-23-17-9-5-6-10-18(17)27-12-11-19(23)24/h2-10,15H,11-14H2,1H3,(H,22,26)/t15-/m1/s1. The van der Waals surface area contributed by atoms with Crippen LogP contribution < -0.4 is 15.0 Å². The maximum absolute atomic E-state index is 12.4. The van der Waals surface area contributed by atoms with Crippen molar-refractivity contribution in [3.8, 4) is 5.75 Å². The molecule has 146 valence electrons. The number of esters is 1. The summed E-state index contributed by atoms with van der Waals surface area (Å²) in [4.78, 5) is 38.2. The number of para-hydroxylation sites is 2. The van der Waals surface area contributed by atoms with Gasteiger partial charge in [0.1, 0.15) is 12.3 Å². The molecule has 7 heteroatoms. The summed E-state index contributed by atoms with van der Waals surface area (Å²) < 4.78 is 10.8. The van der Waals surface area contributed by atoms with Gasteiger partial charge >= 0.3 is 5.97 Å². The molecule has 2 amide bonds. The number of hydrogen-bond donors (Lipinski definition) is 1. The molecule has 2 aromatic carbocycles. The Balaban J connectivity index is 1.57. The summed E-state index contributed by atoms with van der Waals surface area (Å²) in [6.45, 7) is 1.81. The monoisotopic (exact) mass is 382 g/mol. The van der Waals surface area contributed by atoms with E-state index in [9.17, 15) is 14.4 Å². The fourth-order valence-electron chi connectivity index (χ4n) is 2.84. The highest BCUT2D eigenvalue weighted by Crippen LogP contribution is 2.30. The van der Waals surface area contributed by atoms with E-state index in [1.165, 1.54) is 11.8 Å². The predicted molar refractivity (Wildman–Crippen MR) is 103 cm³/mol. The largest absolute Gasteiger partial charge is 0.491 e. The van der Waals surface area contributed by atoms with E-state index in [1.54, 1.807) is 24.3 Å². The maximum Gasteiger partial charge on any atom is 0.326 e. The van der Waals surface area contributed by atoms with Crippen LogP contribution in [0.25, 0.3) is 0 Å². The average molecular weight is 382 g/mol. The molecule has 2 aromatic rings. The molecule has 0 unspecified atom stereocenters. The van der Waals surface area contributed by atoms with Crippen molar-refractivity contribution >= 4 is 23.5 Å². The van der Waals surface area contributed by atoms with Crippen LogP contribution in [0.4, 0.5) is 5.69 Å². The minimum atomic E-state index is -0.968. The number of nitrogens with one attached hydrogen (secondary N) is 1. The fraction of sp³-hybridized carbons (Fsp3) is 0.286. The summed E-state index contributed by atoms with van der Waals surface area (Å²) in [5, 5.41) is 2.73. The molecule has 0 spiro atoms. The van der Waals surface area contributed by atoms with Gasteiger partial charge < -0.3 is 14.8 Å². The van der Waals surface area contributed by atoms with Gasteiger partial charge in [0.25, 0.3) is 5.91 Å². The number of benzene rings is 2. The lowest BCUT2D eigenvalue weighted by Gasteiger charge is -2.22. The number of ether oxygens (including phenoxy) is 2. The Morgan fingerprint density at radius 3 is 2.64 bits per heavy atom. The van der Waals surface area contributed by atoms with Crippen molar-refractivity contribution in [2.45, 2.75) is 26.0 Å². The molecular formula is C21H22N2O5. The van der Waals surface area contributed by atoms with Gasteiger partial charge in [0.05, 0.1) is 18.7 Å². The van der Waals surface area contributed by atoms with Crippen LogP contribution in [0.5, 0.6) is 5.75 Å². The van der Waals surface area contributed by atoms with Crippen molar-refractivity contribution in [2.75, 3.05) is 18.1 Å². The van der Waals surface area contributed by atoms with Crippen LogP contribution >= 0.6 is 0 Å². The van der Waals surface area contributed by atoms with Gasteiger partial charge in [-0.1, -0.05) is 42.5 Å². The lowest BCUT2D eigenvalue weighted by atomic mass is 10.2. The zero-order valence-electron chi connectivity index (χ0n) is 15.6. The van der Waals surface area contributed by atoms with Gasteiger partial charge in [-0.05, 0) is 24.6 Å². The predicted octanol–water partition coefficient (Wildman–Crippen LogP) is 2.05. The molecule has 0 fully saturated rings. The molecule has 0 aromatic heterocycles. The molecule has 1 atom stereocenters. The highest BCUT2D eigenvalue weighted by molar-refractivity contribution is 5.99. The molecule has 3 rings (SSSR count). The summed E-state index contributed by atoms with van der Waals surface area (Å²) in [5.74, 6) is -0.756. The molecule has 0 radical (unpaired) electrons. The first kappa shape index (κ1) is 19.4. The number of fused-ring (bicyclic) bond motifs is 1. The van der Waals surface area contributed by atoms with Gasteiger partial charge in [-0.3, -0.25) is 19.3 Å². The quantitative estimate of drug-likeness (QED) is 0.773. The Hall–Kier alpha value is -3.35. The molecule has 1 N–H and O–H groups in total. The Kier molecular flexibility index (Phi) is 6.26. The van der Waals surface area contributed by atoms with Crippen LogP contribution in [0, 0.1) is 0 Å². The summed E-state index contributed by atoms with van der Waals surface area (Å²) >= 11 is 0. The zero-order chi connectivity index (χ0) is 19.9. The first-order valence-corrected chi connectivity index (χ1v) is 9.08. The smallest absolute Gasteiger partial charge is 0.326 e. The second-order valence-corrected chi connectivity index (χ2v) is 6.38. The molecule has 0 bridgehead atoms. The Labute approximate surface area is 163 Å². The molecule has 0 saturated carbocycles. The molecule has 28 heavy (non-hydrogen) atoms. The van der Waals surface area contributed by atoms with E-state index in [1.807, 2.05) is 30.3 Å². The van der Waals surface area contributed by atoms with Crippen molar-refractivity contribution in [2.24, 2.45) is 0 Å². The first-order chi connectivity index (χ1) is 13.5. The van der Waals surface area contributed by atoms with E-state index in [2.05, 4.69) is 5.32 Å². The van der Waals surface area contributed by atoms with Gasteiger partial charge in [0, 0.05) is 6.54 Å². The van der Waals surface area contributed by atoms with Crippen LogP contribution in [0.1, 0.15) is 18.9 Å². The third-order valence-electron chi connectivity index (χ3n) is 4.30. The third kappa shape index (κ3) is 4.88. The van der Waals surface area contributed by atoms with E-state index in [-0.39, 0.29) is 25.5 Å². The van der Waals surface area contributed by atoms with Crippen LogP contribution in [0.15, 0.2) is 54.6 Å². The highest BCUT2D eigenvalue weighted by atomic mass is 16.5. The number of anilines is 1. The van der Waals surface area contributed by atoms with Crippen LogP contribution in [0.3, 0.4) is 0 Å². The normalized spacial score (nSPS) is 14.3. The fourth-order valence-corrected chi connectivity index (χ4v) is 2.84. The number of carbonyl (C=O) groups is 3. The van der Waals surface area contributed by atoms with E-state index >= 15 is 0 Å². The summed E-state index contributed by atoms with van der Waals surface area (Å²) in [6, 6.07) is 16.4. The van der Waals surface area contributed by atoms with Gasteiger partial charge in [0.2, 0.25) is 5.91 Å². The van der Waals surface area contributed by atoms with E-state index in [4.69, 9.17) is 9.47 Å². The third-order valence-corrected chi connectivity index (χ3v) is 4.30. The molecule has 0 aliphatic carbocycles. The number of amides is 2. The van der Waals surface area contributed by atoms with Crippen molar-refractivity contribution in [3.05, 3.63) is 60.2 Å². The van der Waals surface area contributed by atoms with Crippen molar-refractivity contribution < 1.29 is 23.9 Å². The maximum atomic E-state index is 12.4. The number of hydrogen-bond acceptors (Lipinski definition) is 5. The second-order valence-electron chi connectivity index (χ2n) is 6.38.